The van der Waals surface area contributed by atoms with Crippen molar-refractivity contribution in [3.05, 3.63) is 0 Å². The number of rotatable bonds is 4. The fourth-order valence-corrected chi connectivity index (χ4v) is 8.92. The lowest BCUT2D eigenvalue weighted by molar-refractivity contribution is -0.164. The second-order valence-corrected chi connectivity index (χ2v) is 11.5. The molecule has 8 unspecified atom stereocenters. The van der Waals surface area contributed by atoms with Crippen molar-refractivity contribution in [2.45, 2.75) is 97.5 Å². The fourth-order valence-electron chi connectivity index (χ4n) is 8.92. The molecule has 0 aromatic rings. The minimum Gasteiger partial charge on any atom is -0.393 e. The van der Waals surface area contributed by atoms with Gasteiger partial charge in [-0.05, 0) is 97.7 Å². The molecule has 4 rings (SSSR count). The number of amides is 1. The molecule has 4 aliphatic rings. The van der Waals surface area contributed by atoms with Gasteiger partial charge in [0.2, 0.25) is 5.91 Å². The van der Waals surface area contributed by atoms with Gasteiger partial charge < -0.3 is 10.4 Å². The van der Waals surface area contributed by atoms with Gasteiger partial charge in [0.05, 0.1) is 6.10 Å². The van der Waals surface area contributed by atoms with Crippen LogP contribution in [0.3, 0.4) is 0 Å². The van der Waals surface area contributed by atoms with Crippen molar-refractivity contribution in [1.29, 1.82) is 0 Å². The maximum absolute atomic E-state index is 11.7. The van der Waals surface area contributed by atoms with Crippen LogP contribution in [0.5, 0.6) is 0 Å². The number of fused-ring (bicyclic) bond motifs is 5. The Kier molecular flexibility index (Phi) is 5.61. The number of aliphatic hydroxyl groups is 1. The molecule has 2 N–H and O–H groups in total. The van der Waals surface area contributed by atoms with Gasteiger partial charge in [-0.2, -0.15) is 0 Å². The topological polar surface area (TPSA) is 49.3 Å². The van der Waals surface area contributed by atoms with Crippen LogP contribution in [0.25, 0.3) is 0 Å². The largest absolute Gasteiger partial charge is 0.393 e. The first-order valence-corrected chi connectivity index (χ1v) is 12.2. The summed E-state index contributed by atoms with van der Waals surface area (Å²) in [7, 11) is 1.74. The highest BCUT2D eigenvalue weighted by Crippen LogP contribution is 2.68. The molecule has 4 fully saturated rings. The van der Waals surface area contributed by atoms with Crippen molar-refractivity contribution in [1.82, 2.24) is 5.32 Å². The van der Waals surface area contributed by atoms with Crippen LogP contribution in [-0.4, -0.2) is 24.2 Å². The zero-order chi connectivity index (χ0) is 20.1. The lowest BCUT2D eigenvalue weighted by atomic mass is 9.44. The van der Waals surface area contributed by atoms with E-state index in [0.29, 0.717) is 40.9 Å². The number of nitrogens with one attached hydrogen (secondary N) is 1. The zero-order valence-corrected chi connectivity index (χ0v) is 18.7. The molecule has 4 aliphatic carbocycles. The summed E-state index contributed by atoms with van der Waals surface area (Å²) in [5.41, 5.74) is 0.842. The quantitative estimate of drug-likeness (QED) is 0.697. The summed E-state index contributed by atoms with van der Waals surface area (Å²) in [6, 6.07) is 0. The van der Waals surface area contributed by atoms with E-state index in [9.17, 15) is 9.90 Å². The van der Waals surface area contributed by atoms with Crippen molar-refractivity contribution < 1.29 is 9.90 Å². The van der Waals surface area contributed by atoms with Gasteiger partial charge in [-0.3, -0.25) is 4.79 Å². The molecule has 0 spiro atoms. The van der Waals surface area contributed by atoms with Gasteiger partial charge in [-0.15, -0.1) is 0 Å². The molecule has 160 valence electrons. The third-order valence-electron chi connectivity index (χ3n) is 10.5. The Morgan fingerprint density at radius 2 is 1.82 bits per heavy atom. The minimum absolute atomic E-state index is 0.0780. The van der Waals surface area contributed by atoms with Crippen LogP contribution in [0, 0.1) is 46.3 Å². The Bertz CT molecular complexity index is 591. The molecule has 4 saturated carbocycles. The van der Waals surface area contributed by atoms with Crippen molar-refractivity contribution in [3.63, 3.8) is 0 Å². The zero-order valence-electron chi connectivity index (χ0n) is 18.7. The molecule has 0 saturated heterocycles. The van der Waals surface area contributed by atoms with E-state index in [1.54, 1.807) is 7.05 Å². The summed E-state index contributed by atoms with van der Waals surface area (Å²) in [6.07, 6.45) is 13.4. The van der Waals surface area contributed by atoms with Crippen LogP contribution in [0.2, 0.25) is 0 Å². The molecule has 28 heavy (non-hydrogen) atoms. The van der Waals surface area contributed by atoms with Gasteiger partial charge in [0, 0.05) is 13.5 Å². The minimum atomic E-state index is -0.0780. The molecule has 0 aromatic heterocycles. The predicted molar refractivity (Wildman–Crippen MR) is 114 cm³/mol. The summed E-state index contributed by atoms with van der Waals surface area (Å²) in [6.45, 7) is 7.51. The molecular weight excluding hydrogens is 346 g/mol. The van der Waals surface area contributed by atoms with E-state index in [1.807, 2.05) is 0 Å². The monoisotopic (exact) mass is 389 g/mol. The SMILES string of the molecule is CNC(=O)CC[C@@H](C)C1CCC2C3C(O)CC4CCCCC4(C)C3CCC21C. The molecule has 3 heteroatoms. The lowest BCUT2D eigenvalue weighted by Gasteiger charge is -2.62. The van der Waals surface area contributed by atoms with E-state index in [1.165, 1.54) is 51.4 Å². The molecule has 9 atom stereocenters. The maximum Gasteiger partial charge on any atom is 0.219 e. The molecule has 3 nitrogen and oxygen atoms in total. The number of hydrogen-bond acceptors (Lipinski definition) is 2. The van der Waals surface area contributed by atoms with E-state index >= 15 is 0 Å². The molecule has 0 aromatic carbocycles. The first-order valence-electron chi connectivity index (χ1n) is 12.2. The van der Waals surface area contributed by atoms with Crippen LogP contribution in [0.4, 0.5) is 0 Å². The summed E-state index contributed by atoms with van der Waals surface area (Å²) in [5, 5.41) is 14.1. The van der Waals surface area contributed by atoms with Crippen molar-refractivity contribution in [3.8, 4) is 0 Å². The molecule has 0 radical (unpaired) electrons. The van der Waals surface area contributed by atoms with Gasteiger partial charge in [-0.25, -0.2) is 0 Å². The summed E-state index contributed by atoms with van der Waals surface area (Å²) in [5.74, 6) is 4.19. The highest BCUT2D eigenvalue weighted by Gasteiger charge is 2.62. The van der Waals surface area contributed by atoms with Crippen LogP contribution in [0.15, 0.2) is 0 Å². The van der Waals surface area contributed by atoms with E-state index in [-0.39, 0.29) is 12.0 Å². The van der Waals surface area contributed by atoms with Crippen molar-refractivity contribution >= 4 is 5.91 Å². The first-order chi connectivity index (χ1) is 13.3. The smallest absolute Gasteiger partial charge is 0.219 e. The standard InChI is InChI=1S/C25H43NO2/c1-16(8-11-22(28)26-4)18-9-10-19-23-20(12-14-25(18,19)3)24(2)13-6-5-7-17(24)15-21(23)27/h16-21,23,27H,5-15H2,1-4H3,(H,26,28)/t16-,17?,18?,19?,20?,21?,23?,24?,25?/m1/s1. The number of aliphatic hydroxyl groups excluding tert-OH is 1. The normalized spacial score (nSPS) is 48.9. The summed E-state index contributed by atoms with van der Waals surface area (Å²) < 4.78 is 0. The Balaban J connectivity index is 1.53. The van der Waals surface area contributed by atoms with Gasteiger partial charge in [-0.1, -0.05) is 33.6 Å². The van der Waals surface area contributed by atoms with Crippen LogP contribution in [0.1, 0.15) is 91.4 Å². The van der Waals surface area contributed by atoms with E-state index < -0.39 is 0 Å². The Hall–Kier alpha value is -0.570. The summed E-state index contributed by atoms with van der Waals surface area (Å²) in [4.78, 5) is 11.7. The van der Waals surface area contributed by atoms with Gasteiger partial charge >= 0.3 is 0 Å². The van der Waals surface area contributed by atoms with Crippen LogP contribution >= 0.6 is 0 Å². The number of carbonyl (C=O) groups excluding carboxylic acids is 1. The number of carbonyl (C=O) groups is 1. The highest BCUT2D eigenvalue weighted by molar-refractivity contribution is 5.75. The predicted octanol–water partition coefficient (Wildman–Crippen LogP) is 5.17. The second kappa shape index (κ2) is 7.60. The highest BCUT2D eigenvalue weighted by atomic mass is 16.3. The molecule has 0 bridgehead atoms. The Morgan fingerprint density at radius 1 is 1.07 bits per heavy atom. The van der Waals surface area contributed by atoms with E-state index in [4.69, 9.17) is 0 Å². The average molecular weight is 390 g/mol. The lowest BCUT2D eigenvalue weighted by Crippen LogP contribution is -2.57. The van der Waals surface area contributed by atoms with Crippen molar-refractivity contribution in [2.24, 2.45) is 46.3 Å². The fraction of sp³-hybridized carbons (Fsp3) is 0.960. The molecular formula is C25H43NO2. The van der Waals surface area contributed by atoms with E-state index in [0.717, 1.165) is 24.7 Å². The van der Waals surface area contributed by atoms with E-state index in [2.05, 4.69) is 26.1 Å². The van der Waals surface area contributed by atoms with Crippen molar-refractivity contribution in [2.75, 3.05) is 7.05 Å². The second-order valence-electron chi connectivity index (χ2n) is 11.5. The number of hydrogen-bond donors (Lipinski definition) is 2. The van der Waals surface area contributed by atoms with Crippen LogP contribution < -0.4 is 5.32 Å². The maximum atomic E-state index is 11.7. The molecule has 0 aliphatic heterocycles. The van der Waals surface area contributed by atoms with Gasteiger partial charge in [0.1, 0.15) is 0 Å². The Morgan fingerprint density at radius 3 is 2.57 bits per heavy atom. The third-order valence-corrected chi connectivity index (χ3v) is 10.5. The van der Waals surface area contributed by atoms with Gasteiger partial charge in [0.25, 0.3) is 0 Å². The molecule has 1 amide bonds. The van der Waals surface area contributed by atoms with Crippen LogP contribution in [-0.2, 0) is 4.79 Å². The summed E-state index contributed by atoms with van der Waals surface area (Å²) >= 11 is 0. The van der Waals surface area contributed by atoms with Gasteiger partial charge in [0.15, 0.2) is 0 Å². The first kappa shape index (κ1) is 20.7. The Labute approximate surface area is 172 Å². The average Bonchev–Trinajstić information content (AvgIpc) is 3.03. The third kappa shape index (κ3) is 3.15. The molecule has 0 heterocycles.